The number of hydrogen-bond acceptors (Lipinski definition) is 6. The molecule has 0 radical (unpaired) electrons. The average molecular weight is 482 g/mol. The number of nitro groups is 1. The lowest BCUT2D eigenvalue weighted by atomic mass is 10.1. The number of nitrogens with one attached hydrogen (secondary N) is 1. The van der Waals surface area contributed by atoms with Gasteiger partial charge in [-0.05, 0) is 65.2 Å². The number of rotatable bonds is 4. The fourth-order valence-electron chi connectivity index (χ4n) is 3.28. The molecule has 4 rings (SSSR count). The topological polar surface area (TPSA) is 118 Å². The maximum Gasteiger partial charge on any atom is 0.270 e. The lowest BCUT2D eigenvalue weighted by molar-refractivity contribution is -0.384. The Balaban J connectivity index is 1.63. The van der Waals surface area contributed by atoms with Crippen molar-refractivity contribution in [1.82, 2.24) is 4.98 Å². The van der Waals surface area contributed by atoms with Gasteiger partial charge in [0.05, 0.1) is 16.1 Å². The zero-order valence-electron chi connectivity index (χ0n) is 16.5. The summed E-state index contributed by atoms with van der Waals surface area (Å²) in [5, 5.41) is 24.1. The van der Waals surface area contributed by atoms with Gasteiger partial charge in [-0.1, -0.05) is 6.07 Å². The summed E-state index contributed by atoms with van der Waals surface area (Å²) in [7, 11) is 0. The first-order valence-electron chi connectivity index (χ1n) is 9.19. The number of carbonyl (C=O) groups is 1. The smallest absolute Gasteiger partial charge is 0.270 e. The third-order valence-corrected chi connectivity index (χ3v) is 5.40. The van der Waals surface area contributed by atoms with Gasteiger partial charge in [0.1, 0.15) is 11.3 Å². The Morgan fingerprint density at radius 1 is 1.16 bits per heavy atom. The molecule has 0 fully saturated rings. The van der Waals surface area contributed by atoms with E-state index in [9.17, 15) is 20.0 Å². The molecule has 1 aromatic heterocycles. The van der Waals surface area contributed by atoms with E-state index in [-0.39, 0.29) is 22.9 Å². The summed E-state index contributed by atoms with van der Waals surface area (Å²) in [5.41, 5.74) is 3.93. The summed E-state index contributed by atoms with van der Waals surface area (Å²) >= 11 is 3.22. The van der Waals surface area contributed by atoms with E-state index in [1.165, 1.54) is 24.3 Å². The Bertz CT molecular complexity index is 1360. The summed E-state index contributed by atoms with van der Waals surface area (Å²) in [6, 6.07) is 12.3. The number of hydrogen-bond donors (Lipinski definition) is 2. The van der Waals surface area contributed by atoms with E-state index in [0.717, 1.165) is 11.1 Å². The molecular formula is C22H16BrN3O5. The van der Waals surface area contributed by atoms with Gasteiger partial charge in [-0.3, -0.25) is 14.9 Å². The number of oxazole rings is 1. The summed E-state index contributed by atoms with van der Waals surface area (Å²) in [4.78, 5) is 27.4. The molecular weight excluding hydrogens is 466 g/mol. The van der Waals surface area contributed by atoms with Crippen LogP contribution in [0.15, 0.2) is 57.4 Å². The van der Waals surface area contributed by atoms with E-state index in [2.05, 4.69) is 26.2 Å². The molecule has 0 unspecified atom stereocenters. The normalized spacial score (nSPS) is 10.9. The van der Waals surface area contributed by atoms with Crippen molar-refractivity contribution in [2.75, 3.05) is 5.32 Å². The first kappa shape index (κ1) is 20.5. The fraction of sp³-hybridized carbons (Fsp3) is 0.0909. The molecule has 0 spiro atoms. The van der Waals surface area contributed by atoms with E-state index in [0.29, 0.717) is 26.8 Å². The van der Waals surface area contributed by atoms with Crippen LogP contribution in [0.25, 0.3) is 22.6 Å². The van der Waals surface area contributed by atoms with E-state index in [1.54, 1.807) is 12.1 Å². The van der Waals surface area contributed by atoms with Crippen molar-refractivity contribution in [1.29, 1.82) is 0 Å². The molecule has 1 amide bonds. The van der Waals surface area contributed by atoms with E-state index in [4.69, 9.17) is 4.42 Å². The lowest BCUT2D eigenvalue weighted by Crippen LogP contribution is -2.13. The summed E-state index contributed by atoms with van der Waals surface area (Å²) in [6.45, 7) is 3.89. The minimum absolute atomic E-state index is 0.0996. The van der Waals surface area contributed by atoms with E-state index in [1.807, 2.05) is 26.0 Å². The number of amides is 1. The molecule has 9 heteroatoms. The number of halogens is 1. The first-order chi connectivity index (χ1) is 14.7. The van der Waals surface area contributed by atoms with Gasteiger partial charge in [-0.25, -0.2) is 4.98 Å². The number of aromatic nitrogens is 1. The van der Waals surface area contributed by atoms with Crippen LogP contribution < -0.4 is 5.32 Å². The molecule has 0 bridgehead atoms. The number of non-ortho nitro benzene ring substituents is 1. The number of nitro benzene ring substituents is 1. The zero-order valence-corrected chi connectivity index (χ0v) is 18.1. The van der Waals surface area contributed by atoms with Crippen LogP contribution >= 0.6 is 15.9 Å². The van der Waals surface area contributed by atoms with Gasteiger partial charge in [0.25, 0.3) is 11.6 Å². The van der Waals surface area contributed by atoms with Crippen molar-refractivity contribution in [3.63, 3.8) is 0 Å². The Hall–Kier alpha value is -3.72. The van der Waals surface area contributed by atoms with Crippen molar-refractivity contribution < 1.29 is 19.2 Å². The SMILES string of the molecule is Cc1cc(C)c2oc(-c3ccc(NC(=O)c4cc([N+](=O)[O-])ccc4Br)cc3O)nc2c1. The Kier molecular flexibility index (Phi) is 5.20. The molecule has 1 heterocycles. The van der Waals surface area contributed by atoms with Gasteiger partial charge in [0, 0.05) is 28.4 Å². The largest absolute Gasteiger partial charge is 0.507 e. The van der Waals surface area contributed by atoms with Crippen LogP contribution in [0, 0.1) is 24.0 Å². The molecule has 0 aliphatic rings. The zero-order chi connectivity index (χ0) is 22.3. The summed E-state index contributed by atoms with van der Waals surface area (Å²) in [5.74, 6) is -0.423. The second kappa shape index (κ2) is 7.84. The molecule has 8 nitrogen and oxygen atoms in total. The van der Waals surface area contributed by atoms with Gasteiger partial charge in [0.2, 0.25) is 5.89 Å². The highest BCUT2D eigenvalue weighted by molar-refractivity contribution is 9.10. The molecule has 0 saturated carbocycles. The molecule has 0 atom stereocenters. The van der Waals surface area contributed by atoms with Crippen LogP contribution in [0.5, 0.6) is 5.75 Å². The van der Waals surface area contributed by atoms with Gasteiger partial charge >= 0.3 is 0 Å². The number of phenolic OH excluding ortho intramolecular Hbond substituents is 1. The molecule has 0 aliphatic heterocycles. The quantitative estimate of drug-likeness (QED) is 0.283. The third kappa shape index (κ3) is 3.99. The first-order valence-corrected chi connectivity index (χ1v) is 9.98. The summed E-state index contributed by atoms with van der Waals surface area (Å²) in [6.07, 6.45) is 0. The predicted molar refractivity (Wildman–Crippen MR) is 119 cm³/mol. The molecule has 4 aromatic rings. The number of nitrogens with zero attached hydrogens (tertiary/aromatic N) is 2. The standard InChI is InChI=1S/C22H16BrN3O5/c1-11-7-12(2)20-18(8-11)25-22(31-20)15-5-3-13(9-19(15)27)24-21(28)16-10-14(26(29)30)4-6-17(16)23/h3-10,27H,1-2H3,(H,24,28). The number of carbonyl (C=O) groups excluding carboxylic acids is 1. The molecule has 0 saturated heterocycles. The van der Waals surface area contributed by atoms with Crippen molar-refractivity contribution in [3.05, 3.63) is 79.8 Å². The Morgan fingerprint density at radius 3 is 2.65 bits per heavy atom. The molecule has 31 heavy (non-hydrogen) atoms. The Labute approximate surface area is 184 Å². The van der Waals surface area contributed by atoms with Gasteiger partial charge in [-0.2, -0.15) is 0 Å². The number of aryl methyl sites for hydroxylation is 2. The van der Waals surface area contributed by atoms with Crippen molar-refractivity contribution >= 4 is 44.3 Å². The number of anilines is 1. The lowest BCUT2D eigenvalue weighted by Gasteiger charge is -2.08. The number of fused-ring (bicyclic) bond motifs is 1. The van der Waals surface area contributed by atoms with Crippen molar-refractivity contribution in [3.8, 4) is 17.2 Å². The molecule has 3 aromatic carbocycles. The molecule has 156 valence electrons. The van der Waals surface area contributed by atoms with Crippen molar-refractivity contribution in [2.45, 2.75) is 13.8 Å². The average Bonchev–Trinajstić information content (AvgIpc) is 3.12. The highest BCUT2D eigenvalue weighted by Crippen LogP contribution is 2.34. The van der Waals surface area contributed by atoms with E-state index >= 15 is 0 Å². The minimum atomic E-state index is -0.576. The van der Waals surface area contributed by atoms with Gasteiger partial charge in [-0.15, -0.1) is 0 Å². The fourth-order valence-corrected chi connectivity index (χ4v) is 3.71. The number of benzene rings is 3. The Morgan fingerprint density at radius 2 is 1.94 bits per heavy atom. The second-order valence-electron chi connectivity index (χ2n) is 7.06. The maximum absolute atomic E-state index is 12.6. The van der Waals surface area contributed by atoms with Crippen LogP contribution in [0.2, 0.25) is 0 Å². The number of phenols is 1. The molecule has 2 N–H and O–H groups in total. The minimum Gasteiger partial charge on any atom is -0.507 e. The monoisotopic (exact) mass is 481 g/mol. The highest BCUT2D eigenvalue weighted by atomic mass is 79.9. The van der Waals surface area contributed by atoms with Crippen LogP contribution in [0.3, 0.4) is 0 Å². The third-order valence-electron chi connectivity index (χ3n) is 4.71. The van der Waals surface area contributed by atoms with Crippen LogP contribution in [-0.4, -0.2) is 20.9 Å². The van der Waals surface area contributed by atoms with Crippen LogP contribution in [-0.2, 0) is 0 Å². The predicted octanol–water partition coefficient (Wildman–Crippen LogP) is 5.74. The van der Waals surface area contributed by atoms with Crippen LogP contribution in [0.1, 0.15) is 21.5 Å². The second-order valence-corrected chi connectivity index (χ2v) is 7.91. The summed E-state index contributed by atoms with van der Waals surface area (Å²) < 4.78 is 6.24. The highest BCUT2D eigenvalue weighted by Gasteiger charge is 2.18. The van der Waals surface area contributed by atoms with Gasteiger partial charge < -0.3 is 14.8 Å². The molecule has 0 aliphatic carbocycles. The number of aromatic hydroxyl groups is 1. The maximum atomic E-state index is 12.6. The van der Waals surface area contributed by atoms with Crippen molar-refractivity contribution in [2.24, 2.45) is 0 Å². The van der Waals surface area contributed by atoms with E-state index < -0.39 is 10.8 Å². The van der Waals surface area contributed by atoms with Gasteiger partial charge in [0.15, 0.2) is 5.58 Å². The van der Waals surface area contributed by atoms with Crippen LogP contribution in [0.4, 0.5) is 11.4 Å².